The fraction of sp³-hybridized carbons (Fsp3) is 0.333. The summed E-state index contributed by atoms with van der Waals surface area (Å²) in [4.78, 5) is 17.6. The highest BCUT2D eigenvalue weighted by molar-refractivity contribution is 9.10. The van der Waals surface area contributed by atoms with E-state index in [1.54, 1.807) is 12.1 Å². The number of carbonyl (C=O) groups excluding carboxylic acids is 1. The second-order valence-corrected chi connectivity index (χ2v) is 12.2. The molecule has 1 amide bonds. The third kappa shape index (κ3) is 5.05. The van der Waals surface area contributed by atoms with Crippen LogP contribution in [-0.4, -0.2) is 69.0 Å². The molecule has 2 aliphatic heterocycles. The number of nitrogens with one attached hydrogen (secondary N) is 1. The molecule has 2 saturated heterocycles. The number of rotatable bonds is 5. The van der Waals surface area contributed by atoms with Crippen molar-refractivity contribution in [2.45, 2.75) is 17.7 Å². The summed E-state index contributed by atoms with van der Waals surface area (Å²) in [5.41, 5.74) is 1.96. The quantitative estimate of drug-likeness (QED) is 0.464. The molecule has 36 heavy (non-hydrogen) atoms. The van der Waals surface area contributed by atoms with Crippen LogP contribution in [0.3, 0.4) is 0 Å². The number of hydrogen-bond donors (Lipinski definition) is 1. The largest absolute Gasteiger partial charge is 0.371 e. The molecule has 9 heteroatoms. The number of anilines is 1. The van der Waals surface area contributed by atoms with E-state index in [1.807, 2.05) is 53.4 Å². The van der Waals surface area contributed by atoms with Gasteiger partial charge >= 0.3 is 0 Å². The summed E-state index contributed by atoms with van der Waals surface area (Å²) in [5, 5.41) is 9.32. The minimum Gasteiger partial charge on any atom is -0.371 e. The van der Waals surface area contributed by atoms with E-state index in [-0.39, 0.29) is 16.7 Å². The van der Waals surface area contributed by atoms with Crippen LogP contribution in [0.15, 0.2) is 70.0 Å². The molecule has 0 unspecified atom stereocenters. The molecule has 2 heterocycles. The lowest BCUT2D eigenvalue weighted by Gasteiger charge is -2.38. The molecule has 1 N–H and O–H groups in total. The van der Waals surface area contributed by atoms with Crippen molar-refractivity contribution >= 4 is 54.5 Å². The first-order chi connectivity index (χ1) is 17.3. The number of nitrogens with zero attached hydrogens (tertiary/aromatic N) is 3. The maximum atomic E-state index is 13.3. The van der Waals surface area contributed by atoms with Crippen LogP contribution in [-0.2, 0) is 14.8 Å². The Morgan fingerprint density at radius 3 is 2.31 bits per heavy atom. The molecule has 2 fully saturated rings. The van der Waals surface area contributed by atoms with E-state index in [4.69, 9.17) is 5.41 Å². The Labute approximate surface area is 220 Å². The Balaban J connectivity index is 1.18. The van der Waals surface area contributed by atoms with Gasteiger partial charge in [-0.05, 0) is 65.6 Å². The Hall–Kier alpha value is -2.75. The van der Waals surface area contributed by atoms with E-state index < -0.39 is 10.0 Å². The molecule has 0 bridgehead atoms. The van der Waals surface area contributed by atoms with Crippen LogP contribution in [0.4, 0.5) is 5.69 Å². The van der Waals surface area contributed by atoms with Crippen molar-refractivity contribution in [2.75, 3.05) is 44.2 Å². The van der Waals surface area contributed by atoms with E-state index in [1.165, 1.54) is 10.5 Å². The van der Waals surface area contributed by atoms with Gasteiger partial charge in [-0.15, -0.1) is 0 Å². The van der Waals surface area contributed by atoms with Crippen molar-refractivity contribution in [3.63, 3.8) is 0 Å². The van der Waals surface area contributed by atoms with E-state index in [2.05, 4.69) is 20.8 Å². The summed E-state index contributed by atoms with van der Waals surface area (Å²) in [5.74, 6) is 0.103. The minimum atomic E-state index is -3.62. The van der Waals surface area contributed by atoms with Crippen molar-refractivity contribution in [3.05, 3.63) is 70.7 Å². The molecule has 3 aromatic carbocycles. The lowest BCUT2D eigenvalue weighted by molar-refractivity contribution is -0.137. The fourth-order valence-electron chi connectivity index (χ4n) is 5.11. The SMILES string of the molecule is N=Cc1cccc(N2CCC(C(=O)N3CCN(S(=O)(=O)c4ccc5cc(Br)ccc5c4)CC3)CC2)c1. The first kappa shape index (κ1) is 24.9. The number of piperazine rings is 1. The smallest absolute Gasteiger partial charge is 0.243 e. The summed E-state index contributed by atoms with van der Waals surface area (Å²) < 4.78 is 29.0. The number of hydrogen-bond acceptors (Lipinski definition) is 5. The van der Waals surface area contributed by atoms with E-state index >= 15 is 0 Å². The second-order valence-electron chi connectivity index (χ2n) is 9.38. The van der Waals surface area contributed by atoms with Crippen LogP contribution in [0.1, 0.15) is 18.4 Å². The summed E-state index contributed by atoms with van der Waals surface area (Å²) in [6, 6.07) is 18.9. The Morgan fingerprint density at radius 2 is 1.58 bits per heavy atom. The van der Waals surface area contributed by atoms with Crippen LogP contribution >= 0.6 is 15.9 Å². The maximum Gasteiger partial charge on any atom is 0.243 e. The van der Waals surface area contributed by atoms with Crippen molar-refractivity contribution in [3.8, 4) is 0 Å². The number of sulfonamides is 1. The maximum absolute atomic E-state index is 13.3. The number of halogens is 1. The molecular weight excluding hydrogens is 540 g/mol. The number of fused-ring (bicyclic) bond motifs is 1. The van der Waals surface area contributed by atoms with Gasteiger partial charge in [0.1, 0.15) is 0 Å². The normalized spacial score (nSPS) is 17.9. The average molecular weight is 570 g/mol. The molecule has 7 nitrogen and oxygen atoms in total. The minimum absolute atomic E-state index is 0.0323. The molecule has 188 valence electrons. The lowest BCUT2D eigenvalue weighted by Crippen LogP contribution is -2.52. The van der Waals surface area contributed by atoms with Gasteiger partial charge in [-0.3, -0.25) is 4.79 Å². The summed E-state index contributed by atoms with van der Waals surface area (Å²) in [7, 11) is -3.62. The highest BCUT2D eigenvalue weighted by atomic mass is 79.9. The summed E-state index contributed by atoms with van der Waals surface area (Å²) in [6.45, 7) is 3.04. The van der Waals surface area contributed by atoms with Gasteiger partial charge in [0.2, 0.25) is 15.9 Å². The van der Waals surface area contributed by atoms with Crippen molar-refractivity contribution in [1.29, 1.82) is 5.41 Å². The van der Waals surface area contributed by atoms with Crippen LogP contribution in [0, 0.1) is 11.3 Å². The molecule has 0 aromatic heterocycles. The molecule has 0 spiro atoms. The first-order valence-electron chi connectivity index (χ1n) is 12.2. The highest BCUT2D eigenvalue weighted by Gasteiger charge is 2.34. The molecule has 0 atom stereocenters. The molecule has 5 rings (SSSR count). The number of carbonyl (C=O) groups is 1. The van der Waals surface area contributed by atoms with Gasteiger partial charge in [0.25, 0.3) is 0 Å². The Morgan fingerprint density at radius 1 is 0.889 bits per heavy atom. The Kier molecular flexibility index (Phi) is 7.14. The zero-order chi connectivity index (χ0) is 25.3. The van der Waals surface area contributed by atoms with E-state index in [9.17, 15) is 13.2 Å². The van der Waals surface area contributed by atoms with Gasteiger partial charge < -0.3 is 15.2 Å². The van der Waals surface area contributed by atoms with E-state index in [0.29, 0.717) is 26.2 Å². The van der Waals surface area contributed by atoms with Gasteiger partial charge in [-0.1, -0.05) is 40.2 Å². The summed E-state index contributed by atoms with van der Waals surface area (Å²) >= 11 is 3.45. The number of amides is 1. The predicted molar refractivity (Wildman–Crippen MR) is 146 cm³/mol. The van der Waals surface area contributed by atoms with Gasteiger partial charge in [-0.2, -0.15) is 4.31 Å². The topological polar surface area (TPSA) is 84.8 Å². The van der Waals surface area contributed by atoms with Crippen molar-refractivity contribution < 1.29 is 13.2 Å². The zero-order valence-corrected chi connectivity index (χ0v) is 22.3. The monoisotopic (exact) mass is 568 g/mol. The molecule has 0 aliphatic carbocycles. The molecule has 3 aromatic rings. The third-order valence-electron chi connectivity index (χ3n) is 7.21. The molecular formula is C27H29BrN4O3S. The highest BCUT2D eigenvalue weighted by Crippen LogP contribution is 2.28. The molecule has 0 saturated carbocycles. The average Bonchev–Trinajstić information content (AvgIpc) is 2.92. The van der Waals surface area contributed by atoms with Gasteiger partial charge in [0, 0.05) is 61.6 Å². The number of benzene rings is 3. The fourth-order valence-corrected chi connectivity index (χ4v) is 6.94. The van der Waals surface area contributed by atoms with Crippen molar-refractivity contribution in [2.24, 2.45) is 5.92 Å². The van der Waals surface area contributed by atoms with Gasteiger partial charge in [-0.25, -0.2) is 8.42 Å². The first-order valence-corrected chi connectivity index (χ1v) is 14.4. The summed E-state index contributed by atoms with van der Waals surface area (Å²) in [6.07, 6.45) is 2.90. The standard InChI is InChI=1S/C27H29BrN4O3S/c28-24-6-4-23-18-26(7-5-22(23)17-24)36(34,35)32-14-12-31(13-15-32)27(33)21-8-10-30(11-9-21)25-3-1-2-20(16-25)19-29/h1-7,16-19,21,29H,8-15H2. The third-order valence-corrected chi connectivity index (χ3v) is 9.60. The molecule has 0 radical (unpaired) electrons. The van der Waals surface area contributed by atoms with Crippen LogP contribution in [0.25, 0.3) is 10.8 Å². The van der Waals surface area contributed by atoms with Gasteiger partial charge in [0.15, 0.2) is 0 Å². The van der Waals surface area contributed by atoms with Crippen LogP contribution < -0.4 is 4.90 Å². The van der Waals surface area contributed by atoms with E-state index in [0.717, 1.165) is 52.4 Å². The van der Waals surface area contributed by atoms with Crippen LogP contribution in [0.2, 0.25) is 0 Å². The lowest BCUT2D eigenvalue weighted by atomic mass is 9.94. The van der Waals surface area contributed by atoms with Crippen LogP contribution in [0.5, 0.6) is 0 Å². The Bertz CT molecular complexity index is 1400. The van der Waals surface area contributed by atoms with Gasteiger partial charge in [0.05, 0.1) is 4.90 Å². The molecule has 2 aliphatic rings. The second kappa shape index (κ2) is 10.3. The predicted octanol–water partition coefficient (Wildman–Crippen LogP) is 4.35. The zero-order valence-electron chi connectivity index (χ0n) is 19.9. The van der Waals surface area contributed by atoms with Crippen molar-refractivity contribution in [1.82, 2.24) is 9.21 Å². The number of piperidine rings is 1.